The number of rotatable bonds is 2. The van der Waals surface area contributed by atoms with Crippen LogP contribution in [0.15, 0.2) is 14.1 Å². The van der Waals surface area contributed by atoms with Crippen molar-refractivity contribution in [2.24, 2.45) is 0 Å². The molecular formula is C5H4BrNO3S. The first-order chi connectivity index (χ1) is 5.16. The van der Waals surface area contributed by atoms with E-state index in [4.69, 9.17) is 9.63 Å². The Morgan fingerprint density at radius 1 is 1.82 bits per heavy atom. The van der Waals surface area contributed by atoms with E-state index in [1.54, 1.807) is 6.26 Å². The highest BCUT2D eigenvalue weighted by molar-refractivity contribution is 9.10. The van der Waals surface area contributed by atoms with Gasteiger partial charge in [0, 0.05) is 0 Å². The Balaban J connectivity index is 3.10. The molecule has 0 bridgehead atoms. The first-order valence-electron chi connectivity index (χ1n) is 2.59. The molecule has 1 aromatic rings. The Labute approximate surface area is 75.1 Å². The minimum absolute atomic E-state index is 0.0886. The van der Waals surface area contributed by atoms with E-state index in [1.807, 2.05) is 0 Å². The van der Waals surface area contributed by atoms with E-state index in [0.29, 0.717) is 9.56 Å². The molecule has 4 nitrogen and oxygen atoms in total. The number of aromatic carboxylic acids is 1. The minimum Gasteiger partial charge on any atom is -0.476 e. The smallest absolute Gasteiger partial charge is 0.359 e. The van der Waals surface area contributed by atoms with Crippen LogP contribution in [-0.2, 0) is 0 Å². The van der Waals surface area contributed by atoms with Crippen LogP contribution in [0, 0.1) is 0 Å². The molecule has 0 radical (unpaired) electrons. The van der Waals surface area contributed by atoms with Crippen LogP contribution in [0.2, 0.25) is 0 Å². The molecule has 0 aliphatic rings. The maximum atomic E-state index is 10.4. The lowest BCUT2D eigenvalue weighted by Gasteiger charge is -1.85. The highest BCUT2D eigenvalue weighted by atomic mass is 79.9. The molecule has 0 aromatic carbocycles. The van der Waals surface area contributed by atoms with Gasteiger partial charge in [0.1, 0.15) is 4.47 Å². The molecule has 0 aliphatic heterocycles. The van der Waals surface area contributed by atoms with Crippen molar-refractivity contribution in [2.45, 2.75) is 5.09 Å². The molecule has 0 amide bonds. The summed E-state index contributed by atoms with van der Waals surface area (Å²) in [5, 5.41) is 12.3. The maximum Gasteiger partial charge on any atom is 0.359 e. The molecule has 6 heteroatoms. The summed E-state index contributed by atoms with van der Waals surface area (Å²) in [6, 6.07) is 0. The number of carbonyl (C=O) groups is 1. The molecule has 0 aliphatic carbocycles. The zero-order valence-electron chi connectivity index (χ0n) is 5.50. The molecule has 11 heavy (non-hydrogen) atoms. The summed E-state index contributed by atoms with van der Waals surface area (Å²) in [7, 11) is 0. The van der Waals surface area contributed by atoms with E-state index in [9.17, 15) is 4.79 Å². The van der Waals surface area contributed by atoms with Crippen molar-refractivity contribution in [2.75, 3.05) is 6.26 Å². The number of aromatic nitrogens is 1. The van der Waals surface area contributed by atoms with Crippen molar-refractivity contribution in [3.05, 3.63) is 10.2 Å². The van der Waals surface area contributed by atoms with Gasteiger partial charge in [0.05, 0.1) is 0 Å². The summed E-state index contributed by atoms with van der Waals surface area (Å²) in [5.41, 5.74) is -0.0886. The average Bonchev–Trinajstić information content (AvgIpc) is 2.30. The second-order valence-electron chi connectivity index (χ2n) is 1.64. The van der Waals surface area contributed by atoms with E-state index < -0.39 is 5.97 Å². The lowest BCUT2D eigenvalue weighted by atomic mass is 10.4. The third-order valence-corrected chi connectivity index (χ3v) is 2.64. The van der Waals surface area contributed by atoms with Crippen LogP contribution >= 0.6 is 27.7 Å². The van der Waals surface area contributed by atoms with Gasteiger partial charge < -0.3 is 9.63 Å². The molecule has 1 heterocycles. The SMILES string of the molecule is CSc1onc(C(=O)O)c1Br. The lowest BCUT2D eigenvalue weighted by molar-refractivity contribution is 0.0684. The van der Waals surface area contributed by atoms with Crippen molar-refractivity contribution >= 4 is 33.7 Å². The van der Waals surface area contributed by atoms with Crippen molar-refractivity contribution in [1.29, 1.82) is 0 Å². The molecule has 0 spiro atoms. The highest BCUT2D eigenvalue weighted by Gasteiger charge is 2.17. The maximum absolute atomic E-state index is 10.4. The van der Waals surface area contributed by atoms with E-state index in [2.05, 4.69) is 21.1 Å². The molecule has 0 saturated heterocycles. The normalized spacial score (nSPS) is 10.0. The largest absolute Gasteiger partial charge is 0.476 e. The van der Waals surface area contributed by atoms with Gasteiger partial charge in [-0.05, 0) is 22.2 Å². The Morgan fingerprint density at radius 3 is 2.73 bits per heavy atom. The summed E-state index contributed by atoms with van der Waals surface area (Å²) >= 11 is 4.35. The number of thioether (sulfide) groups is 1. The van der Waals surface area contributed by atoms with Crippen LogP contribution in [0.1, 0.15) is 10.5 Å². The second kappa shape index (κ2) is 3.27. The monoisotopic (exact) mass is 237 g/mol. The topological polar surface area (TPSA) is 63.3 Å². The quantitative estimate of drug-likeness (QED) is 0.796. The van der Waals surface area contributed by atoms with Crippen molar-refractivity contribution in [3.63, 3.8) is 0 Å². The van der Waals surface area contributed by atoms with E-state index in [0.717, 1.165) is 0 Å². The van der Waals surface area contributed by atoms with Crippen LogP contribution in [0.3, 0.4) is 0 Å². The van der Waals surface area contributed by atoms with Crippen molar-refractivity contribution in [3.8, 4) is 0 Å². The molecule has 0 unspecified atom stereocenters. The third-order valence-electron chi connectivity index (χ3n) is 0.995. The van der Waals surface area contributed by atoms with Gasteiger partial charge in [0.25, 0.3) is 0 Å². The fraction of sp³-hybridized carbons (Fsp3) is 0.200. The molecule has 60 valence electrons. The fourth-order valence-electron chi connectivity index (χ4n) is 0.524. The van der Waals surface area contributed by atoms with Crippen LogP contribution in [0.5, 0.6) is 0 Å². The van der Waals surface area contributed by atoms with Crippen molar-refractivity contribution < 1.29 is 14.4 Å². The van der Waals surface area contributed by atoms with Crippen LogP contribution in [0.25, 0.3) is 0 Å². The predicted molar refractivity (Wildman–Crippen MR) is 42.9 cm³/mol. The zero-order valence-corrected chi connectivity index (χ0v) is 7.90. The molecule has 0 atom stereocenters. The minimum atomic E-state index is -1.10. The number of hydrogen-bond donors (Lipinski definition) is 1. The van der Waals surface area contributed by atoms with E-state index in [1.165, 1.54) is 11.8 Å². The Bertz CT molecular complexity index is 285. The summed E-state index contributed by atoms with van der Waals surface area (Å²) in [6.07, 6.45) is 1.77. The molecule has 0 saturated carbocycles. The summed E-state index contributed by atoms with van der Waals surface area (Å²) in [5.74, 6) is -1.10. The van der Waals surface area contributed by atoms with Gasteiger partial charge in [0.15, 0.2) is 0 Å². The number of nitrogens with zero attached hydrogens (tertiary/aromatic N) is 1. The highest BCUT2D eigenvalue weighted by Crippen LogP contribution is 2.28. The Morgan fingerprint density at radius 2 is 2.45 bits per heavy atom. The van der Waals surface area contributed by atoms with Gasteiger partial charge in [-0.1, -0.05) is 16.9 Å². The third kappa shape index (κ3) is 1.57. The standard InChI is InChI=1S/C5H4BrNO3S/c1-11-5-2(6)3(4(8)9)7-10-5/h1H3,(H,8,9). The second-order valence-corrected chi connectivity index (χ2v) is 3.21. The van der Waals surface area contributed by atoms with Gasteiger partial charge in [-0.3, -0.25) is 0 Å². The Hall–Kier alpha value is -0.490. The van der Waals surface area contributed by atoms with E-state index in [-0.39, 0.29) is 5.69 Å². The van der Waals surface area contributed by atoms with E-state index >= 15 is 0 Å². The Kier molecular flexibility index (Phi) is 2.56. The average molecular weight is 238 g/mol. The number of carboxylic acids is 1. The summed E-state index contributed by atoms with van der Waals surface area (Å²) in [6.45, 7) is 0. The predicted octanol–water partition coefficient (Wildman–Crippen LogP) is 1.86. The summed E-state index contributed by atoms with van der Waals surface area (Å²) < 4.78 is 5.09. The molecule has 1 aromatic heterocycles. The number of halogens is 1. The molecule has 0 fully saturated rings. The summed E-state index contributed by atoms with van der Waals surface area (Å²) in [4.78, 5) is 10.4. The first kappa shape index (κ1) is 8.61. The van der Waals surface area contributed by atoms with Gasteiger partial charge in [-0.2, -0.15) is 0 Å². The molecule has 1 N–H and O–H groups in total. The van der Waals surface area contributed by atoms with Crippen LogP contribution < -0.4 is 0 Å². The zero-order chi connectivity index (χ0) is 8.43. The fourth-order valence-corrected chi connectivity index (χ4v) is 1.71. The first-order valence-corrected chi connectivity index (χ1v) is 4.61. The van der Waals surface area contributed by atoms with Crippen molar-refractivity contribution in [1.82, 2.24) is 5.16 Å². The van der Waals surface area contributed by atoms with Gasteiger partial charge in [0.2, 0.25) is 10.8 Å². The lowest BCUT2D eigenvalue weighted by Crippen LogP contribution is -1.96. The molecule has 1 rings (SSSR count). The number of carboxylic acid groups (broad SMARTS) is 1. The van der Waals surface area contributed by atoms with Gasteiger partial charge in [-0.25, -0.2) is 4.79 Å². The van der Waals surface area contributed by atoms with Crippen LogP contribution in [-0.4, -0.2) is 22.5 Å². The van der Waals surface area contributed by atoms with Gasteiger partial charge in [-0.15, -0.1) is 0 Å². The van der Waals surface area contributed by atoms with Crippen LogP contribution in [0.4, 0.5) is 0 Å². The molecular weight excluding hydrogens is 234 g/mol. The van der Waals surface area contributed by atoms with Gasteiger partial charge >= 0.3 is 5.97 Å². The number of hydrogen-bond acceptors (Lipinski definition) is 4.